The molecule has 7 heteroatoms. The van der Waals surface area contributed by atoms with Crippen molar-refractivity contribution in [1.82, 2.24) is 14.9 Å². The normalized spacial score (nSPS) is 27.9. The summed E-state index contributed by atoms with van der Waals surface area (Å²) in [6.07, 6.45) is 6.46. The van der Waals surface area contributed by atoms with Gasteiger partial charge >= 0.3 is 0 Å². The van der Waals surface area contributed by atoms with E-state index in [0.29, 0.717) is 26.2 Å². The summed E-state index contributed by atoms with van der Waals surface area (Å²) in [5.74, 6) is 0.419. The predicted molar refractivity (Wildman–Crippen MR) is 106 cm³/mol. The number of hydrogen-bond acceptors (Lipinski definition) is 6. The van der Waals surface area contributed by atoms with Crippen LogP contribution in [-0.4, -0.2) is 59.8 Å². The molecule has 0 bridgehead atoms. The molecule has 3 aliphatic heterocycles. The van der Waals surface area contributed by atoms with Crippen LogP contribution in [0.2, 0.25) is 0 Å². The number of nitrogens with two attached hydrogens (primary N) is 1. The Morgan fingerprint density at radius 1 is 1.29 bits per heavy atom. The number of anilines is 1. The standard InChI is InChI=1S/C21H30N4O3/c1-14-17(15(2)24-20(22)23-14)12-19(26)25-8-3-7-21(13-28-11-6-18(21)25)16-4-9-27-10-5-16/h4,18H,3,5-13H2,1-2H3,(H2,22,23,24)/t18-,21-/m0/s1. The second kappa shape index (κ2) is 7.79. The fourth-order valence-electron chi connectivity index (χ4n) is 5.25. The minimum absolute atomic E-state index is 0.0579. The van der Waals surface area contributed by atoms with E-state index in [-0.39, 0.29) is 23.3 Å². The Labute approximate surface area is 166 Å². The van der Waals surface area contributed by atoms with Gasteiger partial charge in [-0.1, -0.05) is 11.6 Å². The molecule has 4 rings (SSSR count). The van der Waals surface area contributed by atoms with Crippen LogP contribution in [0, 0.1) is 19.3 Å². The van der Waals surface area contributed by atoms with Crippen LogP contribution in [0.25, 0.3) is 0 Å². The maximum absolute atomic E-state index is 13.4. The number of carbonyl (C=O) groups excluding carboxylic acids is 1. The van der Waals surface area contributed by atoms with Crippen molar-refractivity contribution in [3.05, 3.63) is 28.6 Å². The number of piperidine rings is 1. The van der Waals surface area contributed by atoms with Gasteiger partial charge < -0.3 is 20.1 Å². The highest BCUT2D eigenvalue weighted by atomic mass is 16.5. The molecule has 2 saturated heterocycles. The van der Waals surface area contributed by atoms with Gasteiger partial charge in [-0.25, -0.2) is 9.97 Å². The number of rotatable bonds is 3. The number of aromatic nitrogens is 2. The summed E-state index contributed by atoms with van der Waals surface area (Å²) in [5.41, 5.74) is 9.58. The van der Waals surface area contributed by atoms with E-state index in [9.17, 15) is 4.79 Å². The van der Waals surface area contributed by atoms with Crippen LogP contribution in [0.15, 0.2) is 11.6 Å². The first-order valence-corrected chi connectivity index (χ1v) is 10.3. The fraction of sp³-hybridized carbons (Fsp3) is 0.667. The molecule has 28 heavy (non-hydrogen) atoms. The average molecular weight is 386 g/mol. The van der Waals surface area contributed by atoms with Crippen LogP contribution >= 0.6 is 0 Å². The number of hydrogen-bond donors (Lipinski definition) is 1. The van der Waals surface area contributed by atoms with Gasteiger partial charge in [-0.15, -0.1) is 0 Å². The van der Waals surface area contributed by atoms with E-state index in [1.54, 1.807) is 0 Å². The van der Waals surface area contributed by atoms with Gasteiger partial charge in [0.05, 0.1) is 26.2 Å². The monoisotopic (exact) mass is 386 g/mol. The van der Waals surface area contributed by atoms with Crippen molar-refractivity contribution in [1.29, 1.82) is 0 Å². The first-order valence-electron chi connectivity index (χ1n) is 10.3. The highest BCUT2D eigenvalue weighted by molar-refractivity contribution is 5.80. The molecule has 0 saturated carbocycles. The molecule has 2 fully saturated rings. The second-order valence-electron chi connectivity index (χ2n) is 8.17. The van der Waals surface area contributed by atoms with Crippen molar-refractivity contribution in [2.24, 2.45) is 5.41 Å². The summed E-state index contributed by atoms with van der Waals surface area (Å²) in [4.78, 5) is 24.0. The van der Waals surface area contributed by atoms with E-state index >= 15 is 0 Å². The summed E-state index contributed by atoms with van der Waals surface area (Å²) in [6, 6.07) is 0.196. The molecule has 0 aromatic carbocycles. The summed E-state index contributed by atoms with van der Waals surface area (Å²) in [7, 11) is 0. The second-order valence-corrected chi connectivity index (χ2v) is 8.17. The van der Waals surface area contributed by atoms with Crippen LogP contribution in [0.1, 0.15) is 42.6 Å². The number of fused-ring (bicyclic) bond motifs is 1. The highest BCUT2D eigenvalue weighted by Crippen LogP contribution is 2.48. The van der Waals surface area contributed by atoms with Gasteiger partial charge in [0.2, 0.25) is 11.9 Å². The third-order valence-electron chi connectivity index (χ3n) is 6.62. The quantitative estimate of drug-likeness (QED) is 0.799. The zero-order valence-electron chi connectivity index (χ0n) is 16.9. The maximum atomic E-state index is 13.4. The van der Waals surface area contributed by atoms with Gasteiger partial charge in [-0.3, -0.25) is 4.79 Å². The zero-order valence-corrected chi connectivity index (χ0v) is 16.9. The first kappa shape index (κ1) is 19.3. The highest BCUT2D eigenvalue weighted by Gasteiger charge is 2.50. The third-order valence-corrected chi connectivity index (χ3v) is 6.62. The van der Waals surface area contributed by atoms with Gasteiger partial charge in [-0.2, -0.15) is 0 Å². The van der Waals surface area contributed by atoms with Crippen LogP contribution in [-0.2, 0) is 20.7 Å². The minimum Gasteiger partial charge on any atom is -0.380 e. The number of likely N-dealkylation sites (tertiary alicyclic amines) is 1. The van der Waals surface area contributed by atoms with Crippen LogP contribution < -0.4 is 5.73 Å². The molecule has 0 unspecified atom stereocenters. The van der Waals surface area contributed by atoms with E-state index < -0.39 is 0 Å². The van der Waals surface area contributed by atoms with Crippen molar-refractivity contribution in [2.45, 2.75) is 52.0 Å². The molecular formula is C21H30N4O3. The van der Waals surface area contributed by atoms with E-state index in [0.717, 1.165) is 55.8 Å². The van der Waals surface area contributed by atoms with Gasteiger partial charge in [0.15, 0.2) is 0 Å². The molecule has 0 spiro atoms. The molecule has 1 amide bonds. The maximum Gasteiger partial charge on any atom is 0.227 e. The molecule has 0 radical (unpaired) electrons. The minimum atomic E-state index is -0.0579. The molecule has 1 aromatic rings. The molecule has 2 atom stereocenters. The summed E-state index contributed by atoms with van der Waals surface area (Å²) in [5, 5.41) is 0. The Morgan fingerprint density at radius 2 is 2.07 bits per heavy atom. The van der Waals surface area contributed by atoms with Gasteiger partial charge in [0.25, 0.3) is 0 Å². The summed E-state index contributed by atoms with van der Waals surface area (Å²) < 4.78 is 11.5. The largest absolute Gasteiger partial charge is 0.380 e. The smallest absolute Gasteiger partial charge is 0.227 e. The summed E-state index contributed by atoms with van der Waals surface area (Å²) >= 11 is 0. The number of aryl methyl sites for hydroxylation is 2. The Bertz CT molecular complexity index is 767. The molecule has 2 N–H and O–H groups in total. The van der Waals surface area contributed by atoms with E-state index in [1.807, 2.05) is 13.8 Å². The summed E-state index contributed by atoms with van der Waals surface area (Å²) in [6.45, 7) is 7.45. The van der Waals surface area contributed by atoms with Crippen molar-refractivity contribution in [3.63, 3.8) is 0 Å². The lowest BCUT2D eigenvalue weighted by molar-refractivity contribution is -0.146. The molecule has 4 heterocycles. The van der Waals surface area contributed by atoms with Gasteiger partial charge in [0, 0.05) is 41.6 Å². The number of nitrogens with zero attached hydrogens (tertiary/aromatic N) is 3. The van der Waals surface area contributed by atoms with Crippen LogP contribution in [0.3, 0.4) is 0 Å². The Kier molecular flexibility index (Phi) is 5.38. The fourth-order valence-corrected chi connectivity index (χ4v) is 5.25. The Balaban J connectivity index is 1.60. The Morgan fingerprint density at radius 3 is 2.79 bits per heavy atom. The van der Waals surface area contributed by atoms with Crippen molar-refractivity contribution in [2.75, 3.05) is 38.7 Å². The van der Waals surface area contributed by atoms with E-state index in [2.05, 4.69) is 20.9 Å². The topological polar surface area (TPSA) is 90.6 Å². The molecule has 152 valence electrons. The molecule has 0 aliphatic carbocycles. The molecule has 3 aliphatic rings. The van der Waals surface area contributed by atoms with E-state index in [4.69, 9.17) is 15.2 Å². The lowest BCUT2D eigenvalue weighted by atomic mass is 9.65. The zero-order chi connectivity index (χ0) is 19.7. The van der Waals surface area contributed by atoms with E-state index in [1.165, 1.54) is 5.57 Å². The van der Waals surface area contributed by atoms with Crippen LogP contribution in [0.5, 0.6) is 0 Å². The van der Waals surface area contributed by atoms with Crippen molar-refractivity contribution in [3.8, 4) is 0 Å². The molecule has 1 aromatic heterocycles. The average Bonchev–Trinajstić information content (AvgIpc) is 2.70. The molecular weight excluding hydrogens is 356 g/mol. The first-order chi connectivity index (χ1) is 13.5. The van der Waals surface area contributed by atoms with Crippen molar-refractivity contribution < 1.29 is 14.3 Å². The number of ether oxygens (including phenoxy) is 2. The Hall–Kier alpha value is -1.99. The lowest BCUT2D eigenvalue weighted by Crippen LogP contribution is -2.60. The third kappa shape index (κ3) is 3.42. The molecule has 7 nitrogen and oxygen atoms in total. The van der Waals surface area contributed by atoms with Gasteiger partial charge in [0.1, 0.15) is 0 Å². The van der Waals surface area contributed by atoms with Crippen molar-refractivity contribution >= 4 is 11.9 Å². The lowest BCUT2D eigenvalue weighted by Gasteiger charge is -2.54. The SMILES string of the molecule is Cc1nc(N)nc(C)c1CC(=O)N1CCC[C@@]2(C3=CCOCC3)COCC[C@H]12. The number of nitrogen functional groups attached to an aromatic ring is 1. The number of amides is 1. The van der Waals surface area contributed by atoms with Gasteiger partial charge in [-0.05, 0) is 39.5 Å². The number of carbonyl (C=O) groups is 1. The predicted octanol–water partition coefficient (Wildman–Crippen LogP) is 1.96. The van der Waals surface area contributed by atoms with Crippen LogP contribution in [0.4, 0.5) is 5.95 Å².